The monoisotopic (exact) mass is 398 g/mol. The number of rotatable bonds is 3. The van der Waals surface area contributed by atoms with Gasteiger partial charge < -0.3 is 10.6 Å². The number of piperidine rings is 1. The van der Waals surface area contributed by atoms with E-state index in [2.05, 4.69) is 26.8 Å². The maximum absolute atomic E-state index is 6.41. The Hall–Kier alpha value is -2.18. The molecule has 2 aromatic rings. The van der Waals surface area contributed by atoms with E-state index < -0.39 is 0 Å². The highest BCUT2D eigenvalue weighted by Gasteiger charge is 2.42. The minimum absolute atomic E-state index is 0.346. The normalized spacial score (nSPS) is 22.0. The van der Waals surface area contributed by atoms with Crippen LogP contribution in [0.4, 0.5) is 11.5 Å². The summed E-state index contributed by atoms with van der Waals surface area (Å²) in [6.45, 7) is 7.74. The number of benzene rings is 1. The van der Waals surface area contributed by atoms with Crippen molar-refractivity contribution >= 4 is 35.7 Å². The van der Waals surface area contributed by atoms with E-state index in [9.17, 15) is 0 Å². The molecule has 1 saturated heterocycles. The molecule has 0 radical (unpaired) electrons. The molecule has 1 aliphatic carbocycles. The average Bonchev–Trinajstić information content (AvgIpc) is 3.26. The third-order valence-electron chi connectivity index (χ3n) is 6.45. The largest absolute Gasteiger partial charge is 0.360 e. The number of likely N-dealkylation sites (tertiary alicyclic amines) is 1. The summed E-state index contributed by atoms with van der Waals surface area (Å²) < 4.78 is 0. The third-order valence-corrected chi connectivity index (χ3v) is 6.68. The quantitative estimate of drug-likeness (QED) is 0.580. The first-order valence-corrected chi connectivity index (χ1v) is 10.3. The van der Waals surface area contributed by atoms with E-state index in [1.165, 1.54) is 19.3 Å². The SMILES string of the molecule is C=Nc1c(-c2cccc(Cl)c2)n[nH]c1/N=C(\C)N1CCC2(CCC[C@H]2N)CC1. The van der Waals surface area contributed by atoms with E-state index in [0.29, 0.717) is 33.7 Å². The molecule has 2 heterocycles. The van der Waals surface area contributed by atoms with Crippen LogP contribution in [0.25, 0.3) is 11.3 Å². The molecular formula is C21H27ClN6. The average molecular weight is 399 g/mol. The molecule has 7 heteroatoms. The summed E-state index contributed by atoms with van der Waals surface area (Å²) in [5.74, 6) is 1.59. The van der Waals surface area contributed by atoms with Gasteiger partial charge in [0.1, 0.15) is 17.2 Å². The number of hydrogen-bond acceptors (Lipinski definition) is 4. The van der Waals surface area contributed by atoms with Gasteiger partial charge in [-0.05, 0) is 56.9 Å². The molecule has 3 N–H and O–H groups in total. The molecule has 4 rings (SSSR count). The van der Waals surface area contributed by atoms with Gasteiger partial charge in [-0.1, -0.05) is 30.2 Å². The van der Waals surface area contributed by atoms with Crippen LogP contribution in [0.5, 0.6) is 0 Å². The van der Waals surface area contributed by atoms with Crippen molar-refractivity contribution in [2.75, 3.05) is 13.1 Å². The summed E-state index contributed by atoms with van der Waals surface area (Å²) in [7, 11) is 0. The summed E-state index contributed by atoms with van der Waals surface area (Å²) in [6.07, 6.45) is 5.99. The Bertz CT molecular complexity index is 894. The topological polar surface area (TPSA) is 82.7 Å². The highest BCUT2D eigenvalue weighted by Crippen LogP contribution is 2.45. The molecule has 2 fully saturated rings. The van der Waals surface area contributed by atoms with Crippen LogP contribution in [-0.2, 0) is 0 Å². The molecule has 2 aliphatic rings. The van der Waals surface area contributed by atoms with Gasteiger partial charge in [-0.15, -0.1) is 0 Å². The summed E-state index contributed by atoms with van der Waals surface area (Å²) in [4.78, 5) is 11.3. The zero-order chi connectivity index (χ0) is 19.7. The second-order valence-corrected chi connectivity index (χ2v) is 8.38. The summed E-state index contributed by atoms with van der Waals surface area (Å²) in [5.41, 5.74) is 8.99. The molecule has 1 aromatic heterocycles. The zero-order valence-electron chi connectivity index (χ0n) is 16.3. The number of aliphatic imine (C=N–C) groups is 2. The second kappa shape index (κ2) is 7.68. The lowest BCUT2D eigenvalue weighted by Crippen LogP contribution is -2.48. The van der Waals surface area contributed by atoms with Crippen LogP contribution in [0.15, 0.2) is 34.3 Å². The molecule has 1 aliphatic heterocycles. The molecule has 0 amide bonds. The molecular weight excluding hydrogens is 372 g/mol. The minimum atomic E-state index is 0.346. The maximum Gasteiger partial charge on any atom is 0.176 e. The number of H-pyrrole nitrogens is 1. The molecule has 6 nitrogen and oxygen atoms in total. The molecule has 28 heavy (non-hydrogen) atoms. The predicted octanol–water partition coefficient (Wildman–Crippen LogP) is 4.71. The van der Waals surface area contributed by atoms with E-state index in [-0.39, 0.29) is 0 Å². The van der Waals surface area contributed by atoms with Crippen molar-refractivity contribution in [1.29, 1.82) is 0 Å². The Morgan fingerprint density at radius 1 is 1.36 bits per heavy atom. The van der Waals surface area contributed by atoms with Crippen molar-refractivity contribution in [2.45, 2.75) is 45.1 Å². The number of aromatic amines is 1. The standard InChI is InChI=1S/C21H27ClN6/c1-14(28-11-9-21(10-12-28)8-4-7-17(21)23)25-20-19(24-2)18(26-27-20)15-5-3-6-16(22)13-15/h3,5-6,13,17H,2,4,7-12,23H2,1H3,(H,26,27)/b25-14+/t17-/m1/s1. The van der Waals surface area contributed by atoms with Crippen molar-refractivity contribution in [2.24, 2.45) is 21.1 Å². The van der Waals surface area contributed by atoms with Crippen LogP contribution in [0, 0.1) is 5.41 Å². The maximum atomic E-state index is 6.41. The Morgan fingerprint density at radius 3 is 2.79 bits per heavy atom. The molecule has 1 saturated carbocycles. The Labute approximate surface area is 170 Å². The number of halogens is 1. The van der Waals surface area contributed by atoms with E-state index in [0.717, 1.165) is 37.3 Å². The van der Waals surface area contributed by atoms with Gasteiger partial charge in [0, 0.05) is 29.7 Å². The number of nitrogens with two attached hydrogens (primary N) is 1. The van der Waals surface area contributed by atoms with Crippen LogP contribution in [0.3, 0.4) is 0 Å². The predicted molar refractivity (Wildman–Crippen MR) is 116 cm³/mol. The highest BCUT2D eigenvalue weighted by molar-refractivity contribution is 6.30. The Morgan fingerprint density at radius 2 is 2.14 bits per heavy atom. The molecule has 148 valence electrons. The van der Waals surface area contributed by atoms with E-state index in [1.807, 2.05) is 31.2 Å². The number of nitrogens with zero attached hydrogens (tertiary/aromatic N) is 4. The summed E-state index contributed by atoms with van der Waals surface area (Å²) in [6, 6.07) is 7.90. The van der Waals surface area contributed by atoms with Crippen LogP contribution >= 0.6 is 11.6 Å². The van der Waals surface area contributed by atoms with Crippen LogP contribution in [-0.4, -0.2) is 46.8 Å². The lowest BCUT2D eigenvalue weighted by molar-refractivity contribution is 0.135. The van der Waals surface area contributed by atoms with E-state index in [1.54, 1.807) is 0 Å². The van der Waals surface area contributed by atoms with Gasteiger partial charge >= 0.3 is 0 Å². The van der Waals surface area contributed by atoms with Crippen molar-refractivity contribution in [3.8, 4) is 11.3 Å². The Balaban J connectivity index is 1.53. The fourth-order valence-corrected chi connectivity index (χ4v) is 4.88. The van der Waals surface area contributed by atoms with Gasteiger partial charge in [0.25, 0.3) is 0 Å². The molecule has 0 unspecified atom stereocenters. The molecule has 1 aromatic carbocycles. The lowest BCUT2D eigenvalue weighted by atomic mass is 9.74. The van der Waals surface area contributed by atoms with Gasteiger partial charge in [0.2, 0.25) is 0 Å². The van der Waals surface area contributed by atoms with Gasteiger partial charge in [0.15, 0.2) is 5.82 Å². The first-order valence-electron chi connectivity index (χ1n) is 9.89. The van der Waals surface area contributed by atoms with Crippen LogP contribution < -0.4 is 5.73 Å². The number of amidine groups is 1. The zero-order valence-corrected chi connectivity index (χ0v) is 17.0. The van der Waals surface area contributed by atoms with Crippen molar-refractivity contribution < 1.29 is 0 Å². The van der Waals surface area contributed by atoms with Crippen LogP contribution in [0.2, 0.25) is 5.02 Å². The van der Waals surface area contributed by atoms with E-state index in [4.69, 9.17) is 22.3 Å². The third kappa shape index (κ3) is 3.47. The minimum Gasteiger partial charge on any atom is -0.360 e. The second-order valence-electron chi connectivity index (χ2n) is 7.95. The first kappa shape index (κ1) is 19.2. The molecule has 0 bridgehead atoms. The van der Waals surface area contributed by atoms with Crippen molar-refractivity contribution in [3.05, 3.63) is 29.3 Å². The lowest BCUT2D eigenvalue weighted by Gasteiger charge is -2.42. The molecule has 1 atom stereocenters. The number of aromatic nitrogens is 2. The van der Waals surface area contributed by atoms with Gasteiger partial charge in [-0.3, -0.25) is 10.1 Å². The first-order chi connectivity index (χ1) is 13.5. The van der Waals surface area contributed by atoms with Crippen molar-refractivity contribution in [1.82, 2.24) is 15.1 Å². The highest BCUT2D eigenvalue weighted by atomic mass is 35.5. The van der Waals surface area contributed by atoms with Gasteiger partial charge in [-0.2, -0.15) is 5.10 Å². The smallest absolute Gasteiger partial charge is 0.176 e. The summed E-state index contributed by atoms with van der Waals surface area (Å²) >= 11 is 6.12. The summed E-state index contributed by atoms with van der Waals surface area (Å²) in [5, 5.41) is 8.07. The Kier molecular flexibility index (Phi) is 5.25. The van der Waals surface area contributed by atoms with Gasteiger partial charge in [-0.25, -0.2) is 4.99 Å². The number of hydrogen-bond donors (Lipinski definition) is 2. The van der Waals surface area contributed by atoms with Crippen LogP contribution in [0.1, 0.15) is 39.0 Å². The molecule has 1 spiro atoms. The van der Waals surface area contributed by atoms with Crippen molar-refractivity contribution in [3.63, 3.8) is 0 Å². The fraction of sp³-hybridized carbons (Fsp3) is 0.476. The van der Waals surface area contributed by atoms with E-state index >= 15 is 0 Å². The fourth-order valence-electron chi connectivity index (χ4n) is 4.69. The number of nitrogens with one attached hydrogen (secondary N) is 1. The van der Waals surface area contributed by atoms with Gasteiger partial charge in [0.05, 0.1) is 0 Å².